The Balaban J connectivity index is 4.35. The summed E-state index contributed by atoms with van der Waals surface area (Å²) in [6.45, 7) is 6.63. The molecule has 0 spiro atoms. The van der Waals surface area contributed by atoms with Gasteiger partial charge in [-0.1, -0.05) is 225 Å². The van der Waals surface area contributed by atoms with E-state index < -0.39 is 6.10 Å². The van der Waals surface area contributed by atoms with Crippen molar-refractivity contribution >= 4 is 17.9 Å². The molecule has 0 heterocycles. The van der Waals surface area contributed by atoms with Crippen molar-refractivity contribution in [3.05, 3.63) is 24.3 Å². The highest BCUT2D eigenvalue weighted by Gasteiger charge is 2.19. The molecule has 0 amide bonds. The molecule has 0 aromatic rings. The quantitative estimate of drug-likeness (QED) is 0.0262. The number of ether oxygens (including phenoxy) is 3. The summed E-state index contributed by atoms with van der Waals surface area (Å²) >= 11 is 0. The van der Waals surface area contributed by atoms with E-state index >= 15 is 0 Å². The zero-order chi connectivity index (χ0) is 44.4. The number of allylic oxidation sites excluding steroid dienone is 4. The van der Waals surface area contributed by atoms with Crippen molar-refractivity contribution < 1.29 is 28.6 Å². The topological polar surface area (TPSA) is 78.9 Å². The molecule has 0 aliphatic carbocycles. The van der Waals surface area contributed by atoms with Crippen molar-refractivity contribution in [2.24, 2.45) is 0 Å². The fraction of sp³-hybridized carbons (Fsp3) is 0.873. The summed E-state index contributed by atoms with van der Waals surface area (Å²) in [4.78, 5) is 38.0. The number of rotatable bonds is 49. The molecule has 0 unspecified atom stereocenters. The van der Waals surface area contributed by atoms with Gasteiger partial charge in [-0.05, 0) is 70.6 Å². The van der Waals surface area contributed by atoms with Crippen LogP contribution in [-0.4, -0.2) is 37.2 Å². The minimum Gasteiger partial charge on any atom is -0.462 e. The second kappa shape index (κ2) is 50.5. The summed E-state index contributed by atoms with van der Waals surface area (Å²) < 4.78 is 16.8. The lowest BCUT2D eigenvalue weighted by molar-refractivity contribution is -0.167. The largest absolute Gasteiger partial charge is 0.462 e. The maximum atomic E-state index is 12.8. The van der Waals surface area contributed by atoms with Crippen LogP contribution in [0.25, 0.3) is 0 Å². The van der Waals surface area contributed by atoms with Crippen LogP contribution >= 0.6 is 0 Å². The van der Waals surface area contributed by atoms with Gasteiger partial charge in [-0.3, -0.25) is 14.4 Å². The Bertz CT molecular complexity index is 989. The molecule has 358 valence electrons. The number of hydrogen-bond donors (Lipinski definition) is 0. The molecule has 0 bridgehead atoms. The van der Waals surface area contributed by atoms with Gasteiger partial charge in [-0.15, -0.1) is 0 Å². The lowest BCUT2D eigenvalue weighted by Crippen LogP contribution is -2.30. The van der Waals surface area contributed by atoms with Crippen LogP contribution in [-0.2, 0) is 28.6 Å². The summed E-state index contributed by atoms with van der Waals surface area (Å²) in [5.74, 6) is -0.870. The second-order valence-electron chi connectivity index (χ2n) is 18.1. The van der Waals surface area contributed by atoms with Crippen molar-refractivity contribution in [3.63, 3.8) is 0 Å². The summed E-state index contributed by atoms with van der Waals surface area (Å²) in [7, 11) is 0. The van der Waals surface area contributed by atoms with Crippen LogP contribution in [0.4, 0.5) is 0 Å². The molecule has 0 saturated heterocycles. The zero-order valence-electron chi connectivity index (χ0n) is 40.9. The summed E-state index contributed by atoms with van der Waals surface area (Å²) in [5, 5.41) is 0. The average molecular weight is 859 g/mol. The minimum absolute atomic E-state index is 0.0723. The van der Waals surface area contributed by atoms with Crippen molar-refractivity contribution in [1.82, 2.24) is 0 Å². The first-order valence-electron chi connectivity index (χ1n) is 26.8. The molecule has 0 fully saturated rings. The molecule has 0 saturated carbocycles. The van der Waals surface area contributed by atoms with E-state index in [2.05, 4.69) is 45.1 Å². The molecule has 6 heteroatoms. The molecule has 61 heavy (non-hydrogen) atoms. The van der Waals surface area contributed by atoms with Gasteiger partial charge in [0.1, 0.15) is 13.2 Å². The number of esters is 3. The number of hydrogen-bond acceptors (Lipinski definition) is 6. The Kier molecular flexibility index (Phi) is 48.8. The molecule has 0 rings (SSSR count). The number of carbonyl (C=O) groups is 3. The van der Waals surface area contributed by atoms with E-state index in [1.54, 1.807) is 0 Å². The van der Waals surface area contributed by atoms with Gasteiger partial charge in [-0.2, -0.15) is 0 Å². The van der Waals surface area contributed by atoms with E-state index in [0.717, 1.165) is 64.2 Å². The van der Waals surface area contributed by atoms with Crippen LogP contribution in [0.2, 0.25) is 0 Å². The highest BCUT2D eigenvalue weighted by molar-refractivity contribution is 5.71. The van der Waals surface area contributed by atoms with Gasteiger partial charge in [0.05, 0.1) is 0 Å². The van der Waals surface area contributed by atoms with Gasteiger partial charge in [0.2, 0.25) is 0 Å². The lowest BCUT2D eigenvalue weighted by Gasteiger charge is -2.18. The third-order valence-corrected chi connectivity index (χ3v) is 11.9. The van der Waals surface area contributed by atoms with E-state index in [-0.39, 0.29) is 31.1 Å². The minimum atomic E-state index is -0.771. The van der Waals surface area contributed by atoms with E-state index in [1.165, 1.54) is 186 Å². The Morgan fingerprint density at radius 3 is 0.836 bits per heavy atom. The Morgan fingerprint density at radius 2 is 0.541 bits per heavy atom. The van der Waals surface area contributed by atoms with Crippen molar-refractivity contribution in [2.45, 2.75) is 297 Å². The highest BCUT2D eigenvalue weighted by atomic mass is 16.6. The standard InChI is InChI=1S/C55H102O6/c1-4-7-10-13-16-19-22-25-27-30-33-36-39-42-45-48-54(57)60-51-52(50-59-53(56)47-44-41-38-35-32-29-24-21-18-15-12-9-6-3)61-55(58)49-46-43-40-37-34-31-28-26-23-20-17-14-11-8-5-2/h19,21-22,24,52H,4-18,20,23,25-51H2,1-3H3/b22-19-,24-21-/t52-/m0/s1. The molecule has 0 N–H and O–H groups in total. The highest BCUT2D eigenvalue weighted by Crippen LogP contribution is 2.16. The summed E-state index contributed by atoms with van der Waals surface area (Å²) in [6, 6.07) is 0. The van der Waals surface area contributed by atoms with Gasteiger partial charge in [0, 0.05) is 19.3 Å². The van der Waals surface area contributed by atoms with Crippen LogP contribution in [0.1, 0.15) is 290 Å². The van der Waals surface area contributed by atoms with Crippen molar-refractivity contribution in [2.75, 3.05) is 13.2 Å². The first-order chi connectivity index (χ1) is 30.0. The molecular formula is C55H102O6. The van der Waals surface area contributed by atoms with Crippen LogP contribution in [0, 0.1) is 0 Å². The van der Waals surface area contributed by atoms with E-state index in [1.807, 2.05) is 0 Å². The van der Waals surface area contributed by atoms with Crippen molar-refractivity contribution in [3.8, 4) is 0 Å². The molecule has 0 aromatic heterocycles. The van der Waals surface area contributed by atoms with Crippen LogP contribution < -0.4 is 0 Å². The van der Waals surface area contributed by atoms with Crippen LogP contribution in [0.3, 0.4) is 0 Å². The predicted molar refractivity (Wildman–Crippen MR) is 261 cm³/mol. The normalized spacial score (nSPS) is 12.1. The average Bonchev–Trinajstić information content (AvgIpc) is 3.26. The maximum Gasteiger partial charge on any atom is 0.306 e. The fourth-order valence-corrected chi connectivity index (χ4v) is 7.84. The molecule has 0 radical (unpaired) electrons. The van der Waals surface area contributed by atoms with Gasteiger partial charge in [-0.25, -0.2) is 0 Å². The lowest BCUT2D eigenvalue weighted by atomic mass is 10.0. The van der Waals surface area contributed by atoms with E-state index in [0.29, 0.717) is 19.3 Å². The molecule has 0 aromatic carbocycles. The third kappa shape index (κ3) is 48.8. The first kappa shape index (κ1) is 58.9. The molecular weight excluding hydrogens is 757 g/mol. The smallest absolute Gasteiger partial charge is 0.306 e. The Labute approximate surface area is 379 Å². The summed E-state index contributed by atoms with van der Waals surface area (Å²) in [6.07, 6.45) is 57.3. The maximum absolute atomic E-state index is 12.8. The van der Waals surface area contributed by atoms with Crippen LogP contribution in [0.5, 0.6) is 0 Å². The fourth-order valence-electron chi connectivity index (χ4n) is 7.84. The van der Waals surface area contributed by atoms with Gasteiger partial charge in [0.25, 0.3) is 0 Å². The van der Waals surface area contributed by atoms with Crippen LogP contribution in [0.15, 0.2) is 24.3 Å². The Morgan fingerprint density at radius 1 is 0.311 bits per heavy atom. The molecule has 0 aliphatic rings. The summed E-state index contributed by atoms with van der Waals surface area (Å²) in [5.41, 5.74) is 0. The number of unbranched alkanes of at least 4 members (excludes halogenated alkanes) is 34. The number of carbonyl (C=O) groups excluding carboxylic acids is 3. The predicted octanol–water partition coefficient (Wildman–Crippen LogP) is 17.5. The van der Waals surface area contributed by atoms with E-state index in [4.69, 9.17) is 14.2 Å². The van der Waals surface area contributed by atoms with Gasteiger partial charge >= 0.3 is 17.9 Å². The third-order valence-electron chi connectivity index (χ3n) is 11.9. The van der Waals surface area contributed by atoms with Crippen molar-refractivity contribution in [1.29, 1.82) is 0 Å². The molecule has 0 aliphatic heterocycles. The monoisotopic (exact) mass is 859 g/mol. The zero-order valence-corrected chi connectivity index (χ0v) is 40.9. The molecule has 1 atom stereocenters. The molecule has 6 nitrogen and oxygen atoms in total. The van der Waals surface area contributed by atoms with Gasteiger partial charge in [0.15, 0.2) is 6.10 Å². The van der Waals surface area contributed by atoms with Gasteiger partial charge < -0.3 is 14.2 Å². The van der Waals surface area contributed by atoms with E-state index in [9.17, 15) is 14.4 Å². The SMILES string of the molecule is CCCCCC/C=C\CCCCCCCCCC(=O)OC[C@H](COC(=O)CCCCCCC/C=C\CCCCCC)OC(=O)CCCCCCCCCCCCCCCCC. The first-order valence-corrected chi connectivity index (χ1v) is 26.8. The Hall–Kier alpha value is -2.11. The second-order valence-corrected chi connectivity index (χ2v) is 18.1.